The average Bonchev–Trinajstić information content (AvgIpc) is 3.28. The Bertz CT molecular complexity index is 1240. The lowest BCUT2D eigenvalue weighted by Gasteiger charge is -2.34. The summed E-state index contributed by atoms with van der Waals surface area (Å²) in [5, 5.41) is 4.71. The summed E-state index contributed by atoms with van der Waals surface area (Å²) in [6.07, 6.45) is -1.50. The van der Waals surface area contributed by atoms with Crippen molar-refractivity contribution >= 4 is 34.5 Å². The van der Waals surface area contributed by atoms with E-state index in [1.54, 1.807) is 34.1 Å². The lowest BCUT2D eigenvalue weighted by atomic mass is 10.1. The molecule has 1 aliphatic heterocycles. The first kappa shape index (κ1) is 24.8. The van der Waals surface area contributed by atoms with Crippen molar-refractivity contribution in [3.8, 4) is 11.3 Å². The van der Waals surface area contributed by atoms with Crippen LogP contribution in [0.1, 0.15) is 23.7 Å². The quantitative estimate of drug-likeness (QED) is 0.501. The molecule has 0 atom stereocenters. The van der Waals surface area contributed by atoms with E-state index < -0.39 is 12.7 Å². The van der Waals surface area contributed by atoms with Gasteiger partial charge in [-0.1, -0.05) is 24.6 Å². The number of fused-ring (bicyclic) bond motifs is 1. The third-order valence-corrected chi connectivity index (χ3v) is 5.84. The van der Waals surface area contributed by atoms with Gasteiger partial charge in [-0.05, 0) is 24.6 Å². The molecule has 0 N–H and O–H groups in total. The van der Waals surface area contributed by atoms with Gasteiger partial charge in [-0.2, -0.15) is 18.3 Å². The molecule has 4 rings (SSSR count). The van der Waals surface area contributed by atoms with Crippen molar-refractivity contribution in [3.63, 3.8) is 0 Å². The minimum atomic E-state index is -4.39. The summed E-state index contributed by atoms with van der Waals surface area (Å²) in [5.41, 5.74) is 1.55. The van der Waals surface area contributed by atoms with Crippen LogP contribution in [0.5, 0.6) is 0 Å². The lowest BCUT2D eigenvalue weighted by molar-refractivity contribution is -0.142. The van der Waals surface area contributed by atoms with Gasteiger partial charge in [0, 0.05) is 48.9 Å². The molecule has 1 aliphatic rings. The molecular weight excluding hydrogens is 487 g/mol. The molecule has 1 aromatic carbocycles. The Balaban J connectivity index is 1.51. The highest BCUT2D eigenvalue weighted by Gasteiger charge is 2.29. The molecule has 0 spiro atoms. The molecule has 0 aliphatic carbocycles. The predicted octanol–water partition coefficient (Wildman–Crippen LogP) is 4.62. The Morgan fingerprint density at radius 3 is 2.51 bits per heavy atom. The molecule has 8 nitrogen and oxygen atoms in total. The van der Waals surface area contributed by atoms with Crippen LogP contribution in [0, 0.1) is 0 Å². The number of pyridine rings is 1. The number of benzene rings is 1. The van der Waals surface area contributed by atoms with Gasteiger partial charge < -0.3 is 14.5 Å². The maximum Gasteiger partial charge on any atom is 0.409 e. The number of aromatic nitrogens is 3. The number of amides is 2. The monoisotopic (exact) mass is 509 g/mol. The number of carbonyl (C=O) groups is 2. The van der Waals surface area contributed by atoms with E-state index in [-0.39, 0.29) is 12.0 Å². The number of ether oxygens (including phenoxy) is 1. The first-order valence-corrected chi connectivity index (χ1v) is 11.4. The Morgan fingerprint density at radius 1 is 1.11 bits per heavy atom. The van der Waals surface area contributed by atoms with Crippen LogP contribution in [0.25, 0.3) is 22.2 Å². The maximum absolute atomic E-state index is 13.1. The van der Waals surface area contributed by atoms with Crippen molar-refractivity contribution < 1.29 is 27.5 Å². The van der Waals surface area contributed by atoms with Crippen LogP contribution < -0.4 is 0 Å². The smallest absolute Gasteiger partial charge is 0.409 e. The second-order valence-corrected chi connectivity index (χ2v) is 8.56. The molecule has 1 saturated heterocycles. The molecular formula is C23H23ClF3N5O3. The number of hydrogen-bond donors (Lipinski definition) is 0. The van der Waals surface area contributed by atoms with Gasteiger partial charge in [-0.15, -0.1) is 0 Å². The molecule has 3 heterocycles. The van der Waals surface area contributed by atoms with E-state index in [0.717, 1.165) is 11.1 Å². The van der Waals surface area contributed by atoms with Gasteiger partial charge in [-0.25, -0.2) is 9.78 Å². The Hall–Kier alpha value is -3.34. The van der Waals surface area contributed by atoms with Crippen LogP contribution in [0.4, 0.5) is 18.0 Å². The molecule has 0 radical (unpaired) electrons. The SMILES string of the molecule is CCCOC(=O)N1CCN(C(=O)c2ccc3c(Cl)cc(-c4cnn(CC(F)(F)F)c4)nc3c2)CC1. The topological polar surface area (TPSA) is 80.6 Å². The van der Waals surface area contributed by atoms with Crippen molar-refractivity contribution in [3.05, 3.63) is 47.2 Å². The zero-order valence-corrected chi connectivity index (χ0v) is 19.6. The van der Waals surface area contributed by atoms with E-state index >= 15 is 0 Å². The second kappa shape index (κ2) is 10.1. The highest BCUT2D eigenvalue weighted by Crippen LogP contribution is 2.29. The molecule has 0 unspecified atom stereocenters. The fraction of sp³-hybridized carbons (Fsp3) is 0.391. The Kier molecular flexibility index (Phi) is 7.15. The summed E-state index contributed by atoms with van der Waals surface area (Å²) in [6, 6.07) is 6.50. The molecule has 1 fully saturated rings. The maximum atomic E-state index is 13.1. The molecule has 0 saturated carbocycles. The van der Waals surface area contributed by atoms with Crippen molar-refractivity contribution in [2.45, 2.75) is 26.1 Å². The van der Waals surface area contributed by atoms with E-state index in [2.05, 4.69) is 10.1 Å². The highest BCUT2D eigenvalue weighted by molar-refractivity contribution is 6.35. The van der Waals surface area contributed by atoms with E-state index in [9.17, 15) is 22.8 Å². The number of piperazine rings is 1. The zero-order chi connectivity index (χ0) is 25.2. The van der Waals surface area contributed by atoms with E-state index in [1.165, 1.54) is 12.4 Å². The fourth-order valence-corrected chi connectivity index (χ4v) is 4.05. The van der Waals surface area contributed by atoms with Gasteiger partial charge in [0.15, 0.2) is 0 Å². The van der Waals surface area contributed by atoms with Gasteiger partial charge in [0.25, 0.3) is 5.91 Å². The minimum absolute atomic E-state index is 0.213. The molecule has 35 heavy (non-hydrogen) atoms. The van der Waals surface area contributed by atoms with Crippen LogP contribution >= 0.6 is 11.6 Å². The van der Waals surface area contributed by atoms with E-state index in [0.29, 0.717) is 65.5 Å². The minimum Gasteiger partial charge on any atom is -0.449 e. The van der Waals surface area contributed by atoms with Crippen molar-refractivity contribution in [1.82, 2.24) is 24.6 Å². The number of rotatable bonds is 5. The first-order chi connectivity index (χ1) is 16.6. The molecule has 186 valence electrons. The van der Waals surface area contributed by atoms with Crippen molar-refractivity contribution in [1.29, 1.82) is 0 Å². The van der Waals surface area contributed by atoms with Gasteiger partial charge in [-0.3, -0.25) is 9.48 Å². The number of hydrogen-bond acceptors (Lipinski definition) is 5. The van der Waals surface area contributed by atoms with Gasteiger partial charge in [0.2, 0.25) is 0 Å². The van der Waals surface area contributed by atoms with Crippen LogP contribution in [0.2, 0.25) is 5.02 Å². The summed E-state index contributed by atoms with van der Waals surface area (Å²) in [6.45, 7) is 2.54. The van der Waals surface area contributed by atoms with Crippen LogP contribution in [0.3, 0.4) is 0 Å². The summed E-state index contributed by atoms with van der Waals surface area (Å²) in [5.74, 6) is -0.213. The van der Waals surface area contributed by atoms with Crippen LogP contribution in [0.15, 0.2) is 36.7 Å². The van der Waals surface area contributed by atoms with Gasteiger partial charge >= 0.3 is 12.3 Å². The third kappa shape index (κ3) is 5.84. The van der Waals surface area contributed by atoms with Crippen LogP contribution in [-0.2, 0) is 11.3 Å². The van der Waals surface area contributed by atoms with Gasteiger partial charge in [0.1, 0.15) is 6.54 Å². The molecule has 0 bridgehead atoms. The van der Waals surface area contributed by atoms with E-state index in [1.807, 2.05) is 6.92 Å². The molecule has 3 aromatic rings. The Morgan fingerprint density at radius 2 is 1.83 bits per heavy atom. The molecule has 2 aromatic heterocycles. The third-order valence-electron chi connectivity index (χ3n) is 5.53. The summed E-state index contributed by atoms with van der Waals surface area (Å²) in [7, 11) is 0. The standard InChI is InChI=1S/C23H23ClF3N5O3/c1-2-9-35-22(34)31-7-5-30(6-8-31)21(33)15-3-4-17-18(24)11-19(29-20(17)10-15)16-12-28-32(13-16)14-23(25,26)27/h3-4,10-13H,2,5-9,14H2,1H3. The highest BCUT2D eigenvalue weighted by atomic mass is 35.5. The molecule has 2 amide bonds. The van der Waals surface area contributed by atoms with Gasteiger partial charge in [0.05, 0.1) is 29.0 Å². The van der Waals surface area contributed by atoms with E-state index in [4.69, 9.17) is 16.3 Å². The zero-order valence-electron chi connectivity index (χ0n) is 18.9. The molecule has 12 heteroatoms. The first-order valence-electron chi connectivity index (χ1n) is 11.1. The van der Waals surface area contributed by atoms with Crippen molar-refractivity contribution in [2.24, 2.45) is 0 Å². The van der Waals surface area contributed by atoms with Crippen molar-refractivity contribution in [2.75, 3.05) is 32.8 Å². The number of carbonyl (C=O) groups excluding carboxylic acids is 2. The number of alkyl halides is 3. The number of nitrogens with zero attached hydrogens (tertiary/aromatic N) is 5. The average molecular weight is 510 g/mol. The predicted molar refractivity (Wildman–Crippen MR) is 123 cm³/mol. The summed E-state index contributed by atoms with van der Waals surface area (Å²) in [4.78, 5) is 32.8. The second-order valence-electron chi connectivity index (χ2n) is 8.16. The normalized spacial score (nSPS) is 14.4. The Labute approximate surface area is 204 Å². The lowest BCUT2D eigenvalue weighted by Crippen LogP contribution is -2.50. The summed E-state index contributed by atoms with van der Waals surface area (Å²) >= 11 is 6.40. The number of halogens is 4. The van der Waals surface area contributed by atoms with Crippen LogP contribution in [-0.4, -0.2) is 75.5 Å². The summed E-state index contributed by atoms with van der Waals surface area (Å²) < 4.78 is 43.9. The largest absolute Gasteiger partial charge is 0.449 e. The fourth-order valence-electron chi connectivity index (χ4n) is 3.79.